The monoisotopic (exact) mass is 465 g/mol. The maximum absolute atomic E-state index is 13.6. The Bertz CT molecular complexity index is 1230. The van der Waals surface area contributed by atoms with Gasteiger partial charge in [0.1, 0.15) is 11.4 Å². The van der Waals surface area contributed by atoms with Gasteiger partial charge < -0.3 is 4.74 Å². The van der Waals surface area contributed by atoms with Crippen LogP contribution in [0.5, 0.6) is 0 Å². The van der Waals surface area contributed by atoms with Crippen LogP contribution in [0.15, 0.2) is 120 Å². The molecular formula is C31H28FNO2. The van der Waals surface area contributed by atoms with E-state index in [-0.39, 0.29) is 12.2 Å². The topological polar surface area (TPSA) is 38.7 Å². The molecule has 0 unspecified atom stereocenters. The number of aliphatic imine (C=N–C) groups is 1. The number of carbonyl (C=O) groups is 1. The van der Waals surface area contributed by atoms with Gasteiger partial charge in [0.2, 0.25) is 0 Å². The number of hydrogen-bond donors (Lipinski definition) is 0. The first-order chi connectivity index (χ1) is 16.9. The molecule has 0 aliphatic rings. The average Bonchev–Trinajstić information content (AvgIpc) is 2.89. The third-order valence-corrected chi connectivity index (χ3v) is 5.82. The molecule has 0 heterocycles. The molecule has 3 nitrogen and oxygen atoms in total. The SMILES string of the molecule is CC(C)(OC(=O)[C@@H](Cc1ccc(F)cc1)N=C(c1ccccc1)c1ccccc1)c1ccccc1. The highest BCUT2D eigenvalue weighted by Crippen LogP contribution is 2.26. The summed E-state index contributed by atoms with van der Waals surface area (Å²) in [6, 6.07) is 34.5. The van der Waals surface area contributed by atoms with Crippen LogP contribution < -0.4 is 0 Å². The van der Waals surface area contributed by atoms with Gasteiger partial charge in [-0.05, 0) is 37.1 Å². The summed E-state index contributed by atoms with van der Waals surface area (Å²) in [6.45, 7) is 3.74. The lowest BCUT2D eigenvalue weighted by Gasteiger charge is -2.27. The van der Waals surface area contributed by atoms with Gasteiger partial charge >= 0.3 is 5.97 Å². The van der Waals surface area contributed by atoms with Crippen molar-refractivity contribution < 1.29 is 13.9 Å². The molecule has 0 spiro atoms. The van der Waals surface area contributed by atoms with E-state index in [0.717, 1.165) is 22.3 Å². The average molecular weight is 466 g/mol. The highest BCUT2D eigenvalue weighted by atomic mass is 19.1. The van der Waals surface area contributed by atoms with Crippen LogP contribution in [-0.2, 0) is 21.6 Å². The Kier molecular flexibility index (Phi) is 7.51. The first-order valence-corrected chi connectivity index (χ1v) is 11.6. The fourth-order valence-corrected chi connectivity index (χ4v) is 3.91. The van der Waals surface area contributed by atoms with E-state index in [2.05, 4.69) is 0 Å². The molecule has 4 rings (SSSR count). The summed E-state index contributed by atoms with van der Waals surface area (Å²) in [5.41, 5.74) is 3.36. The van der Waals surface area contributed by atoms with Crippen molar-refractivity contribution in [3.63, 3.8) is 0 Å². The molecule has 1 atom stereocenters. The zero-order chi connectivity index (χ0) is 24.7. The van der Waals surface area contributed by atoms with E-state index >= 15 is 0 Å². The zero-order valence-electron chi connectivity index (χ0n) is 19.9. The van der Waals surface area contributed by atoms with Crippen molar-refractivity contribution in [2.45, 2.75) is 31.9 Å². The molecule has 4 aromatic rings. The number of carbonyl (C=O) groups excluding carboxylic acids is 1. The maximum Gasteiger partial charge on any atom is 0.332 e. The van der Waals surface area contributed by atoms with Crippen molar-refractivity contribution in [2.24, 2.45) is 4.99 Å². The molecule has 35 heavy (non-hydrogen) atoms. The Morgan fingerprint density at radius 1 is 0.771 bits per heavy atom. The third-order valence-electron chi connectivity index (χ3n) is 5.82. The van der Waals surface area contributed by atoms with E-state index in [1.807, 2.05) is 105 Å². The fraction of sp³-hybridized carbons (Fsp3) is 0.161. The van der Waals surface area contributed by atoms with E-state index in [9.17, 15) is 9.18 Å². The number of halogens is 1. The minimum Gasteiger partial charge on any atom is -0.453 e. The van der Waals surface area contributed by atoms with Crippen molar-refractivity contribution >= 4 is 11.7 Å². The van der Waals surface area contributed by atoms with Crippen LogP contribution in [0.2, 0.25) is 0 Å². The Morgan fingerprint density at radius 3 is 1.77 bits per heavy atom. The van der Waals surface area contributed by atoms with Gasteiger partial charge in [0.25, 0.3) is 0 Å². The standard InChI is InChI=1S/C31H28FNO2/c1-31(2,26-16-10-5-11-17-26)35-30(34)28(22-23-18-20-27(32)21-19-23)33-29(24-12-6-3-7-13-24)25-14-8-4-9-15-25/h3-21,28H,22H2,1-2H3/t28-/m1/s1. The van der Waals surface area contributed by atoms with Crippen LogP contribution in [0.1, 0.15) is 36.1 Å². The Balaban J connectivity index is 1.74. The number of nitrogens with zero attached hydrogens (tertiary/aromatic N) is 1. The van der Waals surface area contributed by atoms with Gasteiger partial charge in [-0.2, -0.15) is 0 Å². The predicted molar refractivity (Wildman–Crippen MR) is 138 cm³/mol. The van der Waals surface area contributed by atoms with Crippen molar-refractivity contribution in [3.05, 3.63) is 143 Å². The largest absolute Gasteiger partial charge is 0.453 e. The lowest BCUT2D eigenvalue weighted by Crippen LogP contribution is -2.33. The van der Waals surface area contributed by atoms with Crippen LogP contribution in [0.25, 0.3) is 0 Å². The maximum atomic E-state index is 13.6. The van der Waals surface area contributed by atoms with Crippen molar-refractivity contribution in [1.82, 2.24) is 0 Å². The van der Waals surface area contributed by atoms with Gasteiger partial charge in [0, 0.05) is 17.5 Å². The van der Waals surface area contributed by atoms with Gasteiger partial charge in [-0.3, -0.25) is 4.99 Å². The summed E-state index contributed by atoms with van der Waals surface area (Å²) in [4.78, 5) is 18.6. The molecule has 0 saturated carbocycles. The number of benzene rings is 4. The molecule has 0 fully saturated rings. The van der Waals surface area contributed by atoms with Crippen LogP contribution in [0, 0.1) is 5.82 Å². The quantitative estimate of drug-likeness (QED) is 0.213. The highest BCUT2D eigenvalue weighted by Gasteiger charge is 2.30. The summed E-state index contributed by atoms with van der Waals surface area (Å²) in [5.74, 6) is -0.761. The second kappa shape index (κ2) is 10.9. The second-order valence-corrected chi connectivity index (χ2v) is 8.85. The number of ether oxygens (including phenoxy) is 1. The van der Waals surface area contributed by atoms with Crippen LogP contribution in [0.4, 0.5) is 4.39 Å². The van der Waals surface area contributed by atoms with Gasteiger partial charge in [0.15, 0.2) is 6.04 Å². The van der Waals surface area contributed by atoms with Crippen molar-refractivity contribution in [3.8, 4) is 0 Å². The van der Waals surface area contributed by atoms with E-state index < -0.39 is 17.6 Å². The van der Waals surface area contributed by atoms with Crippen molar-refractivity contribution in [1.29, 1.82) is 0 Å². The van der Waals surface area contributed by atoms with Crippen LogP contribution in [-0.4, -0.2) is 17.7 Å². The minimum atomic E-state index is -0.839. The molecule has 4 aromatic carbocycles. The zero-order valence-corrected chi connectivity index (χ0v) is 19.9. The summed E-state index contributed by atoms with van der Waals surface area (Å²) in [6.07, 6.45) is 0.285. The molecule has 0 N–H and O–H groups in total. The lowest BCUT2D eigenvalue weighted by atomic mass is 9.97. The number of rotatable bonds is 8. The van der Waals surface area contributed by atoms with E-state index in [1.54, 1.807) is 12.1 Å². The van der Waals surface area contributed by atoms with E-state index in [0.29, 0.717) is 5.71 Å². The molecule has 0 aromatic heterocycles. The molecular weight excluding hydrogens is 437 g/mol. The van der Waals surface area contributed by atoms with Gasteiger partial charge in [-0.25, -0.2) is 9.18 Å². The summed E-state index contributed by atoms with van der Waals surface area (Å²) in [7, 11) is 0. The summed E-state index contributed by atoms with van der Waals surface area (Å²) < 4.78 is 19.6. The first-order valence-electron chi connectivity index (χ1n) is 11.6. The molecule has 0 aliphatic carbocycles. The summed E-state index contributed by atoms with van der Waals surface area (Å²) in [5, 5.41) is 0. The lowest BCUT2D eigenvalue weighted by molar-refractivity contribution is -0.159. The van der Waals surface area contributed by atoms with Crippen LogP contribution in [0.3, 0.4) is 0 Å². The highest BCUT2D eigenvalue weighted by molar-refractivity contribution is 6.13. The summed E-state index contributed by atoms with van der Waals surface area (Å²) >= 11 is 0. The second-order valence-electron chi connectivity index (χ2n) is 8.85. The Labute approximate surface area is 205 Å². The number of esters is 1. The van der Waals surface area contributed by atoms with Crippen molar-refractivity contribution in [2.75, 3.05) is 0 Å². The molecule has 0 saturated heterocycles. The molecule has 0 radical (unpaired) electrons. The smallest absolute Gasteiger partial charge is 0.332 e. The van der Waals surface area contributed by atoms with E-state index in [1.165, 1.54) is 12.1 Å². The van der Waals surface area contributed by atoms with Gasteiger partial charge in [0.05, 0.1) is 5.71 Å². The first kappa shape index (κ1) is 24.1. The fourth-order valence-electron chi connectivity index (χ4n) is 3.91. The molecule has 0 aliphatic heterocycles. The minimum absolute atomic E-state index is 0.285. The van der Waals surface area contributed by atoms with E-state index in [4.69, 9.17) is 9.73 Å². The molecule has 4 heteroatoms. The van der Waals surface area contributed by atoms with Crippen LogP contribution >= 0.6 is 0 Å². The van der Waals surface area contributed by atoms with Gasteiger partial charge in [-0.1, -0.05) is 103 Å². The number of hydrogen-bond acceptors (Lipinski definition) is 3. The van der Waals surface area contributed by atoms with Gasteiger partial charge in [-0.15, -0.1) is 0 Å². The molecule has 176 valence electrons. The molecule has 0 amide bonds. The molecule has 0 bridgehead atoms. The Hall–Kier alpha value is -4.05. The normalized spacial score (nSPS) is 12.0. The predicted octanol–water partition coefficient (Wildman–Crippen LogP) is 6.75. The Morgan fingerprint density at radius 2 is 1.26 bits per heavy atom. The third kappa shape index (κ3) is 6.30.